The Morgan fingerprint density at radius 2 is 1.75 bits per heavy atom. The van der Waals surface area contributed by atoms with Gasteiger partial charge in [-0.15, -0.1) is 0 Å². The molecule has 11 heteroatoms. The van der Waals surface area contributed by atoms with E-state index in [1.807, 2.05) is 0 Å². The molecular formula is C21H25F7N2OS. The minimum atomic E-state index is -4.77. The summed E-state index contributed by atoms with van der Waals surface area (Å²) in [5, 5.41) is 9.99. The van der Waals surface area contributed by atoms with Crippen LogP contribution in [0.1, 0.15) is 51.0 Å². The van der Waals surface area contributed by atoms with Gasteiger partial charge in [0.1, 0.15) is 5.75 Å². The summed E-state index contributed by atoms with van der Waals surface area (Å²) in [4.78, 5) is 2.13. The van der Waals surface area contributed by atoms with E-state index in [0.29, 0.717) is 17.7 Å². The predicted molar refractivity (Wildman–Crippen MR) is 107 cm³/mol. The van der Waals surface area contributed by atoms with E-state index in [-0.39, 0.29) is 44.0 Å². The Morgan fingerprint density at radius 1 is 1.12 bits per heavy atom. The lowest BCUT2D eigenvalue weighted by atomic mass is 9.52. The number of nitrogens with zero attached hydrogens (tertiary/aromatic N) is 2. The first kappa shape index (κ1) is 23.8. The topological polar surface area (TPSA) is 26.7 Å². The van der Waals surface area contributed by atoms with E-state index in [4.69, 9.17) is 0 Å². The Labute approximate surface area is 186 Å². The molecule has 1 spiro atoms. The van der Waals surface area contributed by atoms with E-state index in [1.54, 1.807) is 16.3 Å². The second-order valence-electron chi connectivity index (χ2n) is 9.66. The first-order chi connectivity index (χ1) is 14.6. The first-order valence-electron chi connectivity index (χ1n) is 10.4. The van der Waals surface area contributed by atoms with Crippen molar-refractivity contribution in [1.29, 1.82) is 0 Å². The molecule has 3 aliphatic rings. The third-order valence-corrected chi connectivity index (χ3v) is 7.93. The highest BCUT2D eigenvalue weighted by molar-refractivity contribution is 7.97. The number of hydrogen-bond donors (Lipinski definition) is 1. The summed E-state index contributed by atoms with van der Waals surface area (Å²) in [6.45, 7) is 1.02. The van der Waals surface area contributed by atoms with Crippen molar-refractivity contribution in [2.75, 3.05) is 18.5 Å². The van der Waals surface area contributed by atoms with Crippen LogP contribution in [0.2, 0.25) is 0 Å². The van der Waals surface area contributed by atoms with Crippen molar-refractivity contribution in [3.63, 3.8) is 0 Å². The van der Waals surface area contributed by atoms with E-state index in [1.165, 1.54) is 0 Å². The molecule has 0 amide bonds. The molecule has 3 nitrogen and oxygen atoms in total. The number of fused-ring (bicyclic) bond motifs is 1. The van der Waals surface area contributed by atoms with Gasteiger partial charge in [-0.1, -0.05) is 0 Å². The van der Waals surface area contributed by atoms with Gasteiger partial charge in [-0.05, 0) is 62.7 Å². The molecule has 0 aromatic heterocycles. The molecule has 1 aromatic carbocycles. The lowest BCUT2D eigenvalue weighted by molar-refractivity contribution is -0.195. The van der Waals surface area contributed by atoms with Crippen LogP contribution in [0.3, 0.4) is 0 Å². The fourth-order valence-corrected chi connectivity index (χ4v) is 6.35. The zero-order valence-corrected chi connectivity index (χ0v) is 18.5. The normalized spacial score (nSPS) is 25.8. The lowest BCUT2D eigenvalue weighted by Gasteiger charge is -2.60. The van der Waals surface area contributed by atoms with Gasteiger partial charge in [0.25, 0.3) is 0 Å². The number of anilines is 1. The predicted octanol–water partition coefficient (Wildman–Crippen LogP) is 6.55. The van der Waals surface area contributed by atoms with Gasteiger partial charge in [0.2, 0.25) is 11.8 Å². The van der Waals surface area contributed by atoms with E-state index in [2.05, 4.69) is 0 Å². The number of alkyl halides is 7. The fraction of sp³-hybridized carbons (Fsp3) is 0.714. The fourth-order valence-electron chi connectivity index (χ4n) is 5.29. The van der Waals surface area contributed by atoms with Gasteiger partial charge in [-0.25, -0.2) is 21.9 Å². The van der Waals surface area contributed by atoms with Crippen molar-refractivity contribution in [2.45, 2.75) is 80.4 Å². The Morgan fingerprint density at radius 3 is 2.28 bits per heavy atom. The molecule has 1 aliphatic heterocycles. The quantitative estimate of drug-likeness (QED) is 0.386. The lowest BCUT2D eigenvalue weighted by Crippen LogP contribution is -2.61. The van der Waals surface area contributed by atoms with Gasteiger partial charge in [-0.2, -0.15) is 13.2 Å². The molecule has 1 aromatic rings. The van der Waals surface area contributed by atoms with Crippen molar-refractivity contribution < 1.29 is 35.8 Å². The smallest absolute Gasteiger partial charge is 0.420 e. The molecule has 4 rings (SSSR count). The minimum absolute atomic E-state index is 0.117. The Hall–Kier alpha value is -1.36. The maximum absolute atomic E-state index is 13.5. The van der Waals surface area contributed by atoms with Crippen molar-refractivity contribution in [3.8, 4) is 5.75 Å². The summed E-state index contributed by atoms with van der Waals surface area (Å²) in [5.74, 6) is -6.48. The van der Waals surface area contributed by atoms with Gasteiger partial charge in [-0.3, -0.25) is 0 Å². The second kappa shape index (κ2) is 7.58. The van der Waals surface area contributed by atoms with E-state index in [9.17, 15) is 35.8 Å². The summed E-state index contributed by atoms with van der Waals surface area (Å²) in [6, 6.07) is 1.29. The summed E-state index contributed by atoms with van der Waals surface area (Å²) < 4.78 is 96.0. The van der Waals surface area contributed by atoms with Crippen molar-refractivity contribution >= 4 is 17.6 Å². The van der Waals surface area contributed by atoms with Gasteiger partial charge in [0.05, 0.1) is 16.1 Å². The molecule has 0 saturated heterocycles. The highest BCUT2D eigenvalue weighted by atomic mass is 32.2. The van der Waals surface area contributed by atoms with E-state index < -0.39 is 40.8 Å². The average molecular weight is 486 g/mol. The zero-order chi connectivity index (χ0) is 23.7. The van der Waals surface area contributed by atoms with Crippen LogP contribution in [0.5, 0.6) is 5.75 Å². The Balaban J connectivity index is 1.65. The van der Waals surface area contributed by atoms with Crippen molar-refractivity contribution in [3.05, 3.63) is 17.7 Å². The van der Waals surface area contributed by atoms with Gasteiger partial charge < -0.3 is 10.0 Å². The summed E-state index contributed by atoms with van der Waals surface area (Å²) in [5.41, 5.74) is -1.41. The summed E-state index contributed by atoms with van der Waals surface area (Å²) >= 11 is 1.10. The van der Waals surface area contributed by atoms with Crippen molar-refractivity contribution in [1.82, 2.24) is 4.31 Å². The summed E-state index contributed by atoms with van der Waals surface area (Å²) in [6.07, 6.45) is -4.63. The van der Waals surface area contributed by atoms with Crippen molar-refractivity contribution in [2.24, 2.45) is 5.41 Å². The number of phenolic OH excluding ortho intramolecular Hbond substituents is 1. The zero-order valence-electron chi connectivity index (χ0n) is 17.7. The Kier molecular flexibility index (Phi) is 5.63. The van der Waals surface area contributed by atoms with Crippen LogP contribution in [0.4, 0.5) is 36.4 Å². The van der Waals surface area contributed by atoms with Gasteiger partial charge >= 0.3 is 6.18 Å². The number of phenols is 1. The Bertz CT molecular complexity index is 870. The van der Waals surface area contributed by atoms with Crippen LogP contribution < -0.4 is 4.90 Å². The number of rotatable bonds is 4. The molecular weight excluding hydrogens is 461 g/mol. The minimum Gasteiger partial charge on any atom is -0.507 e. The van der Waals surface area contributed by atoms with Crippen LogP contribution in [0, 0.1) is 5.41 Å². The molecule has 1 atom stereocenters. The van der Waals surface area contributed by atoms with E-state index in [0.717, 1.165) is 31.0 Å². The molecule has 2 aliphatic carbocycles. The highest BCUT2D eigenvalue weighted by Crippen LogP contribution is 2.64. The highest BCUT2D eigenvalue weighted by Gasteiger charge is 2.63. The van der Waals surface area contributed by atoms with Crippen LogP contribution >= 0.6 is 11.9 Å². The molecule has 0 radical (unpaired) electrons. The molecule has 2 fully saturated rings. The number of aromatic hydroxyl groups is 1. The van der Waals surface area contributed by atoms with Crippen LogP contribution in [-0.4, -0.2) is 46.9 Å². The molecule has 1 N–H and O–H groups in total. The van der Waals surface area contributed by atoms with Gasteiger partial charge in [0, 0.05) is 37.9 Å². The number of benzene rings is 1. The maximum Gasteiger partial charge on any atom is 0.420 e. The number of hydrogen-bond acceptors (Lipinski definition) is 4. The third-order valence-electron chi connectivity index (χ3n) is 6.82. The average Bonchev–Trinajstić information content (AvgIpc) is 2.69. The molecule has 180 valence electrons. The molecule has 0 bridgehead atoms. The molecule has 1 unspecified atom stereocenters. The molecule has 2 saturated carbocycles. The van der Waals surface area contributed by atoms with Crippen LogP contribution in [0.25, 0.3) is 0 Å². The summed E-state index contributed by atoms with van der Waals surface area (Å²) in [7, 11) is 1.68. The molecule has 1 heterocycles. The van der Waals surface area contributed by atoms with E-state index >= 15 is 0 Å². The molecule has 32 heavy (non-hydrogen) atoms. The van der Waals surface area contributed by atoms with Gasteiger partial charge in [0.15, 0.2) is 0 Å². The maximum atomic E-state index is 13.5. The first-order valence-corrected chi connectivity index (χ1v) is 11.2. The SMILES string of the molecule is CN1Sc2cc(O)c(C(F)(F)F)cc2N(C2CC3(C2)CC(F)(F)C3)CC1CCC(C)(F)F. The third kappa shape index (κ3) is 4.64. The standard InChI is InChI=1S/C21H25F7N2OS/c1-18(22,23)4-3-12-9-30(13-7-19(8-13)10-20(24,25)11-19)15-5-14(21(26,27)28)16(31)6-17(15)32-29(12)2/h5-6,12-13,31H,3-4,7-11H2,1-2H3. The van der Waals surface area contributed by atoms with Crippen LogP contribution in [0.15, 0.2) is 17.0 Å². The monoisotopic (exact) mass is 486 g/mol. The number of halogens is 7. The number of likely N-dealkylation sites (N-methyl/N-ethyl adjacent to an activating group) is 1. The largest absolute Gasteiger partial charge is 0.507 e. The second-order valence-corrected chi connectivity index (χ2v) is 10.9. The van der Waals surface area contributed by atoms with Crippen LogP contribution in [-0.2, 0) is 6.18 Å².